The molecule has 1 aliphatic carbocycles. The highest BCUT2D eigenvalue weighted by Gasteiger charge is 2.45. The Balaban J connectivity index is 0.00000220. The summed E-state index contributed by atoms with van der Waals surface area (Å²) in [7, 11) is 1.88. The van der Waals surface area contributed by atoms with Crippen molar-refractivity contribution in [1.82, 2.24) is 4.90 Å². The molecule has 2 atom stereocenters. The van der Waals surface area contributed by atoms with Crippen molar-refractivity contribution in [1.29, 1.82) is 0 Å². The summed E-state index contributed by atoms with van der Waals surface area (Å²) in [5.41, 5.74) is 6.97. The molecule has 2 N–H and O–H groups in total. The topological polar surface area (TPSA) is 46.3 Å². The van der Waals surface area contributed by atoms with Crippen LogP contribution in [0, 0.1) is 11.3 Å². The lowest BCUT2D eigenvalue weighted by atomic mass is 9.93. The summed E-state index contributed by atoms with van der Waals surface area (Å²) in [6.45, 7) is 5.49. The minimum Gasteiger partial charge on any atom is -0.345 e. The Morgan fingerprint density at radius 3 is 2.71 bits per heavy atom. The number of nitrogens with two attached hydrogens (primary N) is 1. The molecule has 0 saturated heterocycles. The van der Waals surface area contributed by atoms with Crippen LogP contribution in [0.25, 0.3) is 0 Å². The average Bonchev–Trinajstić information content (AvgIpc) is 3.17. The van der Waals surface area contributed by atoms with Crippen molar-refractivity contribution in [2.24, 2.45) is 17.1 Å². The third-order valence-electron chi connectivity index (χ3n) is 3.98. The van der Waals surface area contributed by atoms with Crippen LogP contribution < -0.4 is 5.73 Å². The molecule has 0 aromatic heterocycles. The van der Waals surface area contributed by atoms with Crippen LogP contribution >= 0.6 is 28.3 Å². The number of hydrogen-bond donors (Lipinski definition) is 1. The third-order valence-corrected chi connectivity index (χ3v) is 4.47. The van der Waals surface area contributed by atoms with E-state index in [-0.39, 0.29) is 29.6 Å². The first kappa shape index (κ1) is 18.5. The normalized spacial score (nSPS) is 20.6. The molecule has 1 saturated carbocycles. The predicted octanol–water partition coefficient (Wildman–Crippen LogP) is 3.42. The molecule has 118 valence electrons. The van der Waals surface area contributed by atoms with Gasteiger partial charge in [0.2, 0.25) is 5.91 Å². The van der Waals surface area contributed by atoms with Gasteiger partial charge < -0.3 is 10.6 Å². The quantitative estimate of drug-likeness (QED) is 0.857. The van der Waals surface area contributed by atoms with Crippen LogP contribution in [-0.4, -0.2) is 30.9 Å². The van der Waals surface area contributed by atoms with Gasteiger partial charge in [-0.1, -0.05) is 41.9 Å². The number of halogens is 2. The van der Waals surface area contributed by atoms with Crippen LogP contribution in [0.5, 0.6) is 0 Å². The molecule has 0 bridgehead atoms. The number of nitrogens with zero attached hydrogens (tertiary/aromatic N) is 1. The molecule has 21 heavy (non-hydrogen) atoms. The highest BCUT2D eigenvalue weighted by Crippen LogP contribution is 2.48. The van der Waals surface area contributed by atoms with Gasteiger partial charge in [-0.2, -0.15) is 0 Å². The van der Waals surface area contributed by atoms with Crippen LogP contribution in [0.3, 0.4) is 0 Å². The van der Waals surface area contributed by atoms with Crippen molar-refractivity contribution in [2.75, 3.05) is 20.1 Å². The maximum atomic E-state index is 12.4. The molecule has 0 aliphatic heterocycles. The monoisotopic (exact) mass is 374 g/mol. The Bertz CT molecular complexity index is 507. The molecule has 5 heteroatoms. The fraction of sp³-hybridized carbons (Fsp3) is 0.562. The third kappa shape index (κ3) is 4.70. The van der Waals surface area contributed by atoms with Crippen molar-refractivity contribution < 1.29 is 4.79 Å². The van der Waals surface area contributed by atoms with E-state index in [1.807, 2.05) is 24.1 Å². The molecular formula is C16H24BrClN2O. The van der Waals surface area contributed by atoms with Gasteiger partial charge in [-0.05, 0) is 42.0 Å². The molecule has 1 aliphatic rings. The lowest BCUT2D eigenvalue weighted by Crippen LogP contribution is -2.40. The highest BCUT2D eigenvalue weighted by molar-refractivity contribution is 9.10. The van der Waals surface area contributed by atoms with Gasteiger partial charge in [0, 0.05) is 24.0 Å². The second-order valence-electron chi connectivity index (χ2n) is 6.57. The lowest BCUT2D eigenvalue weighted by Gasteiger charge is -2.29. The smallest absolute Gasteiger partial charge is 0.226 e. The zero-order chi connectivity index (χ0) is 14.9. The first-order chi connectivity index (χ1) is 9.34. The van der Waals surface area contributed by atoms with E-state index >= 15 is 0 Å². The molecule has 1 aromatic rings. The molecule has 0 spiro atoms. The Labute approximate surface area is 141 Å². The largest absolute Gasteiger partial charge is 0.345 e. The summed E-state index contributed by atoms with van der Waals surface area (Å²) in [4.78, 5) is 14.3. The van der Waals surface area contributed by atoms with E-state index in [0.717, 1.165) is 10.9 Å². The molecule has 0 heterocycles. The van der Waals surface area contributed by atoms with Crippen molar-refractivity contribution in [3.63, 3.8) is 0 Å². The molecular weight excluding hydrogens is 352 g/mol. The minimum absolute atomic E-state index is 0. The van der Waals surface area contributed by atoms with Gasteiger partial charge in [0.25, 0.3) is 0 Å². The Morgan fingerprint density at radius 2 is 2.14 bits per heavy atom. The van der Waals surface area contributed by atoms with E-state index in [4.69, 9.17) is 5.73 Å². The molecule has 2 unspecified atom stereocenters. The second-order valence-corrected chi connectivity index (χ2v) is 7.48. The molecule has 1 fully saturated rings. The summed E-state index contributed by atoms with van der Waals surface area (Å²) in [6, 6.07) is 8.26. The van der Waals surface area contributed by atoms with Gasteiger partial charge in [0.1, 0.15) is 0 Å². The minimum atomic E-state index is -0.0232. The van der Waals surface area contributed by atoms with Gasteiger partial charge in [0.15, 0.2) is 0 Å². The van der Waals surface area contributed by atoms with Gasteiger partial charge in [-0.3, -0.25) is 4.79 Å². The Morgan fingerprint density at radius 1 is 1.48 bits per heavy atom. The van der Waals surface area contributed by atoms with Crippen molar-refractivity contribution in [2.45, 2.75) is 26.2 Å². The number of carbonyl (C=O) groups is 1. The molecule has 0 radical (unpaired) electrons. The van der Waals surface area contributed by atoms with Gasteiger partial charge in [-0.15, -0.1) is 12.4 Å². The maximum Gasteiger partial charge on any atom is 0.226 e. The van der Waals surface area contributed by atoms with Gasteiger partial charge in [0.05, 0.1) is 0 Å². The van der Waals surface area contributed by atoms with Crippen LogP contribution in [0.1, 0.15) is 31.7 Å². The maximum absolute atomic E-state index is 12.4. The number of amides is 1. The molecule has 1 aromatic carbocycles. The summed E-state index contributed by atoms with van der Waals surface area (Å²) in [6.07, 6.45) is 0.961. The fourth-order valence-corrected chi connectivity index (χ4v) is 3.06. The standard InChI is InChI=1S/C16H23BrN2O.ClH/c1-16(2,9-18)10-19(3)15(20)14-8-13(14)11-5-4-6-12(17)7-11;/h4-7,13-14H,8-10,18H2,1-3H3;1H. The van der Waals surface area contributed by atoms with Gasteiger partial charge in [-0.25, -0.2) is 0 Å². The SMILES string of the molecule is CN(CC(C)(C)CN)C(=O)C1CC1c1cccc(Br)c1.Cl. The zero-order valence-corrected chi connectivity index (χ0v) is 15.2. The molecule has 3 nitrogen and oxygen atoms in total. The summed E-state index contributed by atoms with van der Waals surface area (Å²) in [5, 5.41) is 0. The highest BCUT2D eigenvalue weighted by atomic mass is 79.9. The first-order valence-corrected chi connectivity index (χ1v) is 7.84. The van der Waals surface area contributed by atoms with Crippen LogP contribution in [0.15, 0.2) is 28.7 Å². The van der Waals surface area contributed by atoms with Crippen molar-refractivity contribution in [3.8, 4) is 0 Å². The summed E-state index contributed by atoms with van der Waals surface area (Å²) >= 11 is 3.48. The van der Waals surface area contributed by atoms with Crippen LogP contribution in [-0.2, 0) is 4.79 Å². The molecule has 2 rings (SSSR count). The summed E-state index contributed by atoms with van der Waals surface area (Å²) in [5.74, 6) is 0.766. The van der Waals surface area contributed by atoms with Crippen LogP contribution in [0.4, 0.5) is 0 Å². The van der Waals surface area contributed by atoms with E-state index in [0.29, 0.717) is 19.0 Å². The second kappa shape index (κ2) is 7.12. The zero-order valence-electron chi connectivity index (χ0n) is 12.8. The number of rotatable bonds is 5. The molecule has 1 amide bonds. The average molecular weight is 376 g/mol. The first-order valence-electron chi connectivity index (χ1n) is 7.04. The number of hydrogen-bond acceptors (Lipinski definition) is 2. The number of carbonyl (C=O) groups excluding carboxylic acids is 1. The van der Waals surface area contributed by atoms with E-state index in [9.17, 15) is 4.79 Å². The Kier molecular flexibility index (Phi) is 6.26. The fourth-order valence-electron chi connectivity index (χ4n) is 2.64. The van der Waals surface area contributed by atoms with Crippen molar-refractivity contribution >= 4 is 34.2 Å². The van der Waals surface area contributed by atoms with E-state index < -0.39 is 0 Å². The lowest BCUT2D eigenvalue weighted by molar-refractivity contribution is -0.132. The van der Waals surface area contributed by atoms with Crippen LogP contribution in [0.2, 0.25) is 0 Å². The van der Waals surface area contributed by atoms with E-state index in [1.165, 1.54) is 5.56 Å². The predicted molar refractivity (Wildman–Crippen MR) is 92.7 cm³/mol. The number of benzene rings is 1. The Hall–Kier alpha value is -0.580. The summed E-state index contributed by atoms with van der Waals surface area (Å²) < 4.78 is 1.07. The van der Waals surface area contributed by atoms with Gasteiger partial charge >= 0.3 is 0 Å². The van der Waals surface area contributed by atoms with E-state index in [1.54, 1.807) is 0 Å². The van der Waals surface area contributed by atoms with Crippen molar-refractivity contribution in [3.05, 3.63) is 34.3 Å². The van der Waals surface area contributed by atoms with E-state index in [2.05, 4.69) is 41.9 Å².